The van der Waals surface area contributed by atoms with E-state index in [-0.39, 0.29) is 17.9 Å². The molecular formula is C31H32N2O5. The van der Waals surface area contributed by atoms with Gasteiger partial charge in [0.1, 0.15) is 0 Å². The maximum Gasteiger partial charge on any atom is 0.274 e. The Kier molecular flexibility index (Phi) is 7.36. The molecule has 3 aromatic carbocycles. The number of hydrazone groups is 1. The number of fused-ring (bicyclic) bond motifs is 1. The molecule has 1 fully saturated rings. The van der Waals surface area contributed by atoms with Crippen molar-refractivity contribution in [3.63, 3.8) is 0 Å². The number of rotatable bonds is 7. The third-order valence-corrected chi connectivity index (χ3v) is 7.23. The van der Waals surface area contributed by atoms with Gasteiger partial charge < -0.3 is 18.9 Å². The average molecular weight is 513 g/mol. The zero-order chi connectivity index (χ0) is 26.6. The van der Waals surface area contributed by atoms with Gasteiger partial charge in [-0.15, -0.1) is 0 Å². The smallest absolute Gasteiger partial charge is 0.274 e. The highest BCUT2D eigenvalue weighted by atomic mass is 16.5. The van der Waals surface area contributed by atoms with Gasteiger partial charge in [0.25, 0.3) is 5.91 Å². The molecule has 0 spiro atoms. The Morgan fingerprint density at radius 2 is 1.50 bits per heavy atom. The first kappa shape index (κ1) is 25.4. The Morgan fingerprint density at radius 3 is 2.18 bits per heavy atom. The third kappa shape index (κ3) is 4.72. The summed E-state index contributed by atoms with van der Waals surface area (Å²) in [6.07, 6.45) is 4.96. The Morgan fingerprint density at radius 1 is 0.842 bits per heavy atom. The van der Waals surface area contributed by atoms with E-state index in [2.05, 4.69) is 6.08 Å². The van der Waals surface area contributed by atoms with Crippen LogP contribution in [-0.4, -0.2) is 45.1 Å². The van der Waals surface area contributed by atoms with E-state index in [9.17, 15) is 4.79 Å². The van der Waals surface area contributed by atoms with E-state index in [0.29, 0.717) is 28.6 Å². The first-order chi connectivity index (χ1) is 18.6. The summed E-state index contributed by atoms with van der Waals surface area (Å²) in [5.41, 5.74) is 4.64. The maximum absolute atomic E-state index is 13.8. The van der Waals surface area contributed by atoms with Gasteiger partial charge in [-0.25, -0.2) is 5.01 Å². The zero-order valence-corrected chi connectivity index (χ0v) is 22.1. The first-order valence-electron chi connectivity index (χ1n) is 12.7. The van der Waals surface area contributed by atoms with Gasteiger partial charge in [0.2, 0.25) is 0 Å². The Labute approximate surface area is 223 Å². The number of methoxy groups -OCH3 is 4. The van der Waals surface area contributed by atoms with Crippen molar-refractivity contribution in [1.29, 1.82) is 0 Å². The maximum atomic E-state index is 13.8. The normalized spacial score (nSPS) is 19.5. The molecule has 1 aliphatic carbocycles. The van der Waals surface area contributed by atoms with E-state index in [1.165, 1.54) is 0 Å². The second-order valence-electron chi connectivity index (χ2n) is 9.34. The summed E-state index contributed by atoms with van der Waals surface area (Å²) in [5, 5.41) is 6.66. The van der Waals surface area contributed by atoms with E-state index in [0.717, 1.165) is 41.7 Å². The Balaban J connectivity index is 1.58. The standard InChI is InChI=1S/C31H32N2O5/c1-35-25-15-13-20(18-27(25)37-3)17-22-11-8-12-24-29(22)32-33(31(34)21-9-6-5-7-10-21)30(24)23-14-16-26(36-2)28(19-23)38-4/h5-7,9-10,13-19,24,30H,8,11-12H2,1-4H3/b22-17-/t24-,30-/m0/s1. The van der Waals surface area contributed by atoms with E-state index in [1.807, 2.05) is 66.7 Å². The molecule has 1 heterocycles. The molecule has 2 aliphatic rings. The number of amides is 1. The lowest BCUT2D eigenvalue weighted by atomic mass is 9.77. The molecule has 1 saturated carbocycles. The van der Waals surface area contributed by atoms with Crippen LogP contribution < -0.4 is 18.9 Å². The predicted octanol–water partition coefficient (Wildman–Crippen LogP) is 6.16. The lowest BCUT2D eigenvalue weighted by molar-refractivity contribution is 0.0680. The molecule has 0 radical (unpaired) electrons. The molecule has 0 unspecified atom stereocenters. The molecule has 0 N–H and O–H groups in total. The van der Waals surface area contributed by atoms with E-state index < -0.39 is 0 Å². The number of hydrogen-bond donors (Lipinski definition) is 0. The van der Waals surface area contributed by atoms with E-state index in [4.69, 9.17) is 24.0 Å². The van der Waals surface area contributed by atoms with Gasteiger partial charge in [-0.1, -0.05) is 30.3 Å². The summed E-state index contributed by atoms with van der Waals surface area (Å²) in [5.74, 6) is 2.56. The topological polar surface area (TPSA) is 69.6 Å². The van der Waals surface area contributed by atoms with Crippen LogP contribution in [0, 0.1) is 5.92 Å². The van der Waals surface area contributed by atoms with Gasteiger partial charge in [0, 0.05) is 11.5 Å². The van der Waals surface area contributed by atoms with Gasteiger partial charge in [-0.2, -0.15) is 5.10 Å². The third-order valence-electron chi connectivity index (χ3n) is 7.23. The van der Waals surface area contributed by atoms with Crippen molar-refractivity contribution in [3.8, 4) is 23.0 Å². The van der Waals surface area contributed by atoms with Gasteiger partial charge in [-0.3, -0.25) is 4.79 Å². The van der Waals surface area contributed by atoms with Crippen molar-refractivity contribution >= 4 is 17.7 Å². The first-order valence-corrected chi connectivity index (χ1v) is 12.7. The fourth-order valence-electron chi connectivity index (χ4n) is 5.39. The fraction of sp³-hybridized carbons (Fsp3) is 0.290. The predicted molar refractivity (Wildman–Crippen MR) is 147 cm³/mol. The summed E-state index contributed by atoms with van der Waals surface area (Å²) in [4.78, 5) is 13.8. The van der Waals surface area contributed by atoms with Crippen molar-refractivity contribution in [3.05, 3.63) is 89.0 Å². The molecule has 7 heteroatoms. The van der Waals surface area contributed by atoms with Crippen molar-refractivity contribution < 1.29 is 23.7 Å². The van der Waals surface area contributed by atoms with Crippen LogP contribution in [0.1, 0.15) is 46.8 Å². The molecular weight excluding hydrogens is 480 g/mol. The van der Waals surface area contributed by atoms with Gasteiger partial charge in [-0.05, 0) is 78.4 Å². The van der Waals surface area contributed by atoms with Crippen molar-refractivity contribution in [2.75, 3.05) is 28.4 Å². The molecule has 0 bridgehead atoms. The number of carbonyl (C=O) groups excluding carboxylic acids is 1. The lowest BCUT2D eigenvalue weighted by Crippen LogP contribution is -2.32. The molecule has 1 amide bonds. The molecule has 3 aromatic rings. The summed E-state index contributed by atoms with van der Waals surface area (Å²) in [6.45, 7) is 0. The Hall–Kier alpha value is -4.26. The number of carbonyl (C=O) groups is 1. The van der Waals surface area contributed by atoms with Crippen LogP contribution in [0.4, 0.5) is 0 Å². The van der Waals surface area contributed by atoms with Crippen LogP contribution in [-0.2, 0) is 0 Å². The second-order valence-corrected chi connectivity index (χ2v) is 9.34. The molecule has 0 saturated heterocycles. The number of hydrogen-bond acceptors (Lipinski definition) is 6. The second kappa shape index (κ2) is 11.0. The number of ether oxygens (including phenoxy) is 4. The highest BCUT2D eigenvalue weighted by molar-refractivity contribution is 6.09. The summed E-state index contributed by atoms with van der Waals surface area (Å²) in [6, 6.07) is 20.8. The molecule has 2 atom stereocenters. The molecule has 196 valence electrons. The highest BCUT2D eigenvalue weighted by Crippen LogP contribution is 2.46. The minimum atomic E-state index is -0.258. The molecule has 5 rings (SSSR count). The fourth-order valence-corrected chi connectivity index (χ4v) is 5.39. The quantitative estimate of drug-likeness (QED) is 0.379. The average Bonchev–Trinajstić information content (AvgIpc) is 3.37. The molecule has 1 aliphatic heterocycles. The van der Waals surface area contributed by atoms with Gasteiger partial charge >= 0.3 is 0 Å². The van der Waals surface area contributed by atoms with Gasteiger partial charge in [0.15, 0.2) is 23.0 Å². The molecule has 0 aromatic heterocycles. The highest BCUT2D eigenvalue weighted by Gasteiger charge is 2.44. The number of nitrogens with zero attached hydrogens (tertiary/aromatic N) is 2. The number of benzene rings is 3. The minimum absolute atomic E-state index is 0.0564. The lowest BCUT2D eigenvalue weighted by Gasteiger charge is -2.30. The monoisotopic (exact) mass is 512 g/mol. The summed E-state index contributed by atoms with van der Waals surface area (Å²) >= 11 is 0. The van der Waals surface area contributed by atoms with Crippen LogP contribution in [0.25, 0.3) is 6.08 Å². The zero-order valence-electron chi connectivity index (χ0n) is 22.1. The van der Waals surface area contributed by atoms with Crippen LogP contribution in [0.15, 0.2) is 77.4 Å². The summed E-state index contributed by atoms with van der Waals surface area (Å²) < 4.78 is 22.0. The van der Waals surface area contributed by atoms with Crippen molar-refractivity contribution in [2.24, 2.45) is 11.0 Å². The van der Waals surface area contributed by atoms with Crippen molar-refractivity contribution in [2.45, 2.75) is 25.3 Å². The largest absolute Gasteiger partial charge is 0.493 e. The molecule has 7 nitrogen and oxygen atoms in total. The van der Waals surface area contributed by atoms with Crippen LogP contribution in [0.5, 0.6) is 23.0 Å². The van der Waals surface area contributed by atoms with E-state index in [1.54, 1.807) is 33.4 Å². The van der Waals surface area contributed by atoms with Crippen LogP contribution >= 0.6 is 0 Å². The van der Waals surface area contributed by atoms with Crippen LogP contribution in [0.3, 0.4) is 0 Å². The minimum Gasteiger partial charge on any atom is -0.493 e. The molecule has 38 heavy (non-hydrogen) atoms. The number of allylic oxidation sites excluding steroid dienone is 1. The SMILES string of the molecule is COc1ccc(/C=C2/CCC[C@H]3C2=NN(C(=O)c2ccccc2)[C@H]3c2ccc(OC)c(OC)c2)cc1OC. The Bertz CT molecular complexity index is 1380. The van der Waals surface area contributed by atoms with Crippen LogP contribution in [0.2, 0.25) is 0 Å². The summed E-state index contributed by atoms with van der Waals surface area (Å²) in [7, 11) is 6.50. The van der Waals surface area contributed by atoms with Gasteiger partial charge in [0.05, 0.1) is 40.2 Å². The van der Waals surface area contributed by atoms with E-state index >= 15 is 0 Å². The van der Waals surface area contributed by atoms with Crippen molar-refractivity contribution in [1.82, 2.24) is 5.01 Å².